The molecule has 2 aromatic carbocycles. The van der Waals surface area contributed by atoms with Crippen molar-refractivity contribution in [1.82, 2.24) is 4.98 Å². The number of rotatable bonds is 1. The Morgan fingerprint density at radius 3 is 1.79 bits per heavy atom. The van der Waals surface area contributed by atoms with E-state index in [0.717, 1.165) is 0 Å². The van der Waals surface area contributed by atoms with Crippen LogP contribution < -0.4 is 5.73 Å². The van der Waals surface area contributed by atoms with Gasteiger partial charge in [0.25, 0.3) is 0 Å². The molecule has 98 valence electrons. The average Bonchev–Trinajstić information content (AvgIpc) is 2.78. The number of H-pyrrole nitrogens is 1. The van der Waals surface area contributed by atoms with Crippen molar-refractivity contribution >= 4 is 27.8 Å². The number of fused-ring (bicyclic) bond motifs is 3. The smallest absolute Gasteiger partial charge is 0.320 e. The van der Waals surface area contributed by atoms with E-state index in [1.165, 1.54) is 28.7 Å². The highest BCUT2D eigenvalue weighted by Crippen LogP contribution is 2.24. The Morgan fingerprint density at radius 1 is 1.05 bits per heavy atom. The van der Waals surface area contributed by atoms with E-state index in [1.54, 1.807) is 0 Å². The minimum Gasteiger partial charge on any atom is -0.480 e. The van der Waals surface area contributed by atoms with Gasteiger partial charge in [-0.3, -0.25) is 4.79 Å². The number of benzene rings is 2. The molecule has 0 bridgehead atoms. The number of aromatic amines is 1. The van der Waals surface area contributed by atoms with Gasteiger partial charge in [0.2, 0.25) is 0 Å². The number of para-hydroxylation sites is 2. The molecular weight excluding hydrogens is 240 g/mol. The summed E-state index contributed by atoms with van der Waals surface area (Å²) in [6, 6.07) is 16.0. The molecule has 4 nitrogen and oxygen atoms in total. The normalized spacial score (nSPS) is 11.9. The van der Waals surface area contributed by atoms with Crippen molar-refractivity contribution in [1.29, 1.82) is 0 Å². The van der Waals surface area contributed by atoms with Gasteiger partial charge in [-0.2, -0.15) is 0 Å². The van der Waals surface area contributed by atoms with Crippen LogP contribution in [-0.2, 0) is 4.79 Å². The van der Waals surface area contributed by atoms with Crippen molar-refractivity contribution in [2.45, 2.75) is 13.0 Å². The number of aromatic nitrogens is 1. The first-order valence-electron chi connectivity index (χ1n) is 6.03. The van der Waals surface area contributed by atoms with E-state index >= 15 is 0 Å². The summed E-state index contributed by atoms with van der Waals surface area (Å²) in [5.41, 5.74) is 7.26. The number of carbonyl (C=O) groups is 1. The maximum absolute atomic E-state index is 9.57. The molecule has 0 aliphatic rings. The van der Waals surface area contributed by atoms with Crippen LogP contribution in [0.1, 0.15) is 6.92 Å². The zero-order valence-corrected chi connectivity index (χ0v) is 10.6. The Morgan fingerprint density at radius 2 is 1.42 bits per heavy atom. The summed E-state index contributed by atoms with van der Waals surface area (Å²) >= 11 is 0. The van der Waals surface area contributed by atoms with E-state index in [2.05, 4.69) is 53.5 Å². The highest BCUT2D eigenvalue weighted by Gasteiger charge is 2.00. The summed E-state index contributed by atoms with van der Waals surface area (Å²) in [6.45, 7) is 1.42. The molecule has 0 aliphatic carbocycles. The predicted molar refractivity (Wildman–Crippen MR) is 77.1 cm³/mol. The van der Waals surface area contributed by atoms with Gasteiger partial charge in [0.15, 0.2) is 0 Å². The first kappa shape index (κ1) is 13.1. The van der Waals surface area contributed by atoms with Crippen LogP contribution in [0.15, 0.2) is 48.5 Å². The van der Waals surface area contributed by atoms with Crippen LogP contribution in [0.2, 0.25) is 0 Å². The number of hydrogen-bond donors (Lipinski definition) is 3. The minimum absolute atomic E-state index is 0.731. The van der Waals surface area contributed by atoms with E-state index in [1.807, 2.05) is 0 Å². The molecule has 3 aromatic rings. The number of nitrogens with two attached hydrogens (primary N) is 1. The Labute approximate surface area is 110 Å². The van der Waals surface area contributed by atoms with Gasteiger partial charge in [-0.15, -0.1) is 0 Å². The summed E-state index contributed by atoms with van der Waals surface area (Å²) in [5.74, 6) is -0.963. The van der Waals surface area contributed by atoms with Crippen molar-refractivity contribution in [3.05, 3.63) is 48.5 Å². The zero-order chi connectivity index (χ0) is 13.8. The summed E-state index contributed by atoms with van der Waals surface area (Å²) in [7, 11) is 0. The van der Waals surface area contributed by atoms with Crippen LogP contribution in [0.4, 0.5) is 0 Å². The number of nitrogens with one attached hydrogen (secondary N) is 1. The SMILES string of the molecule is C[C@H](N)C(=O)O.c1ccc2c(c1)[nH]c1ccccc12. The minimum atomic E-state index is -0.963. The zero-order valence-electron chi connectivity index (χ0n) is 10.6. The second-order valence-electron chi connectivity index (χ2n) is 4.34. The average molecular weight is 256 g/mol. The van der Waals surface area contributed by atoms with Crippen LogP contribution in [0.3, 0.4) is 0 Å². The van der Waals surface area contributed by atoms with Gasteiger partial charge in [-0.25, -0.2) is 0 Å². The van der Waals surface area contributed by atoms with E-state index in [-0.39, 0.29) is 0 Å². The van der Waals surface area contributed by atoms with E-state index in [9.17, 15) is 4.79 Å². The third-order valence-electron chi connectivity index (χ3n) is 2.80. The summed E-state index contributed by atoms with van der Waals surface area (Å²) in [4.78, 5) is 13.0. The summed E-state index contributed by atoms with van der Waals surface area (Å²) in [5, 5.41) is 10.5. The van der Waals surface area contributed by atoms with Gasteiger partial charge in [0, 0.05) is 21.8 Å². The molecule has 0 amide bonds. The van der Waals surface area contributed by atoms with Crippen LogP contribution in [0, 0.1) is 0 Å². The van der Waals surface area contributed by atoms with Gasteiger partial charge >= 0.3 is 5.97 Å². The summed E-state index contributed by atoms with van der Waals surface area (Å²) < 4.78 is 0. The molecule has 0 radical (unpaired) electrons. The van der Waals surface area contributed by atoms with Crippen LogP contribution in [0.25, 0.3) is 21.8 Å². The lowest BCUT2D eigenvalue weighted by Gasteiger charge is -1.90. The van der Waals surface area contributed by atoms with Crippen molar-refractivity contribution in [3.8, 4) is 0 Å². The van der Waals surface area contributed by atoms with Gasteiger partial charge in [0.1, 0.15) is 6.04 Å². The first-order valence-corrected chi connectivity index (χ1v) is 6.03. The number of carboxylic acids is 1. The Balaban J connectivity index is 0.000000192. The van der Waals surface area contributed by atoms with Crippen molar-refractivity contribution in [2.24, 2.45) is 5.73 Å². The third kappa shape index (κ3) is 2.92. The molecule has 0 saturated heterocycles. The third-order valence-corrected chi connectivity index (χ3v) is 2.80. The monoisotopic (exact) mass is 256 g/mol. The van der Waals surface area contributed by atoms with Gasteiger partial charge in [-0.1, -0.05) is 36.4 Å². The molecular formula is C15H16N2O2. The van der Waals surface area contributed by atoms with Crippen molar-refractivity contribution in [2.75, 3.05) is 0 Å². The molecule has 4 heteroatoms. The maximum atomic E-state index is 9.57. The van der Waals surface area contributed by atoms with Gasteiger partial charge in [0.05, 0.1) is 0 Å². The highest BCUT2D eigenvalue weighted by molar-refractivity contribution is 6.06. The second kappa shape index (κ2) is 5.54. The van der Waals surface area contributed by atoms with Crippen LogP contribution in [-0.4, -0.2) is 22.1 Å². The Bertz CT molecular complexity index is 651. The van der Waals surface area contributed by atoms with Crippen LogP contribution in [0.5, 0.6) is 0 Å². The molecule has 3 rings (SSSR count). The van der Waals surface area contributed by atoms with E-state index < -0.39 is 12.0 Å². The molecule has 0 spiro atoms. The molecule has 19 heavy (non-hydrogen) atoms. The molecule has 1 aromatic heterocycles. The topological polar surface area (TPSA) is 79.1 Å². The highest BCUT2D eigenvalue weighted by atomic mass is 16.4. The lowest BCUT2D eigenvalue weighted by atomic mass is 10.2. The number of hydrogen-bond acceptors (Lipinski definition) is 2. The fourth-order valence-corrected chi connectivity index (χ4v) is 1.80. The van der Waals surface area contributed by atoms with Crippen LogP contribution >= 0.6 is 0 Å². The van der Waals surface area contributed by atoms with Gasteiger partial charge in [-0.05, 0) is 19.1 Å². The lowest BCUT2D eigenvalue weighted by Crippen LogP contribution is -2.25. The molecule has 4 N–H and O–H groups in total. The molecule has 1 atom stereocenters. The standard InChI is InChI=1S/C12H9N.C3H7NO2/c1-3-7-11-9(5-1)10-6-2-4-8-12(10)13-11;1-2(4)3(5)6/h1-8,13H;2H,4H2,1H3,(H,5,6)/t;2-/m.0/s1. The first-order chi connectivity index (χ1) is 9.09. The Hall–Kier alpha value is -2.33. The second-order valence-corrected chi connectivity index (χ2v) is 4.34. The Kier molecular flexibility index (Phi) is 3.82. The molecule has 0 saturated carbocycles. The molecule has 0 fully saturated rings. The van der Waals surface area contributed by atoms with E-state index in [4.69, 9.17) is 10.8 Å². The molecule has 0 unspecified atom stereocenters. The molecule has 0 aliphatic heterocycles. The lowest BCUT2D eigenvalue weighted by molar-refractivity contribution is -0.138. The summed E-state index contributed by atoms with van der Waals surface area (Å²) in [6.07, 6.45) is 0. The fourth-order valence-electron chi connectivity index (χ4n) is 1.80. The number of aliphatic carboxylic acids is 1. The van der Waals surface area contributed by atoms with Crippen molar-refractivity contribution < 1.29 is 9.90 Å². The van der Waals surface area contributed by atoms with Gasteiger partial charge < -0.3 is 15.8 Å². The molecule has 1 heterocycles. The quantitative estimate of drug-likeness (QED) is 0.626. The largest absolute Gasteiger partial charge is 0.480 e. The predicted octanol–water partition coefficient (Wildman–Crippen LogP) is 2.74. The fraction of sp³-hybridized carbons (Fsp3) is 0.133. The van der Waals surface area contributed by atoms with Crippen molar-refractivity contribution in [3.63, 3.8) is 0 Å². The van der Waals surface area contributed by atoms with E-state index in [0.29, 0.717) is 0 Å². The number of carboxylic acid groups (broad SMARTS) is 1. The maximum Gasteiger partial charge on any atom is 0.320 e.